The Bertz CT molecular complexity index is 632. The van der Waals surface area contributed by atoms with Crippen LogP contribution in [-0.4, -0.2) is 48.4 Å². The van der Waals surface area contributed by atoms with Gasteiger partial charge in [-0.3, -0.25) is 9.69 Å². The van der Waals surface area contributed by atoms with Crippen molar-refractivity contribution in [2.75, 3.05) is 20.2 Å². The van der Waals surface area contributed by atoms with Crippen LogP contribution in [0.3, 0.4) is 0 Å². The summed E-state index contributed by atoms with van der Waals surface area (Å²) in [6, 6.07) is 9.47. The SMILES string of the molecule is COC1(CN(CC(=O)OCc2ccccc2)C(=O)OC(C)(C)C)CCCCC1. The van der Waals surface area contributed by atoms with Crippen LogP contribution in [0.15, 0.2) is 30.3 Å². The van der Waals surface area contributed by atoms with Crippen molar-refractivity contribution in [3.05, 3.63) is 35.9 Å². The molecule has 1 aromatic rings. The lowest BCUT2D eigenvalue weighted by molar-refractivity contribution is -0.147. The number of carbonyl (C=O) groups excluding carboxylic acids is 2. The summed E-state index contributed by atoms with van der Waals surface area (Å²) in [6.07, 6.45) is 4.47. The van der Waals surface area contributed by atoms with Gasteiger partial charge in [0.1, 0.15) is 18.8 Å². The van der Waals surface area contributed by atoms with E-state index in [1.54, 1.807) is 7.11 Å². The minimum atomic E-state index is -0.643. The molecule has 0 radical (unpaired) electrons. The first kappa shape index (κ1) is 22.2. The van der Waals surface area contributed by atoms with Crippen molar-refractivity contribution >= 4 is 12.1 Å². The lowest BCUT2D eigenvalue weighted by Crippen LogP contribution is -2.51. The molecule has 6 heteroatoms. The van der Waals surface area contributed by atoms with Crippen LogP contribution in [0.5, 0.6) is 0 Å². The number of amides is 1. The second-order valence-electron chi connectivity index (χ2n) is 8.43. The summed E-state index contributed by atoms with van der Waals surface area (Å²) in [5.74, 6) is -0.461. The van der Waals surface area contributed by atoms with Gasteiger partial charge in [0.05, 0.1) is 12.1 Å². The van der Waals surface area contributed by atoms with E-state index in [1.807, 2.05) is 51.1 Å². The number of hydrogen-bond donors (Lipinski definition) is 0. The van der Waals surface area contributed by atoms with Gasteiger partial charge in [0.25, 0.3) is 0 Å². The van der Waals surface area contributed by atoms with Crippen molar-refractivity contribution in [1.82, 2.24) is 4.90 Å². The van der Waals surface area contributed by atoms with Crippen molar-refractivity contribution < 1.29 is 23.8 Å². The number of esters is 1. The molecule has 156 valence electrons. The molecule has 0 N–H and O–H groups in total. The van der Waals surface area contributed by atoms with Crippen molar-refractivity contribution in [1.29, 1.82) is 0 Å². The summed E-state index contributed by atoms with van der Waals surface area (Å²) in [5, 5.41) is 0. The molecule has 0 aromatic heterocycles. The van der Waals surface area contributed by atoms with Crippen molar-refractivity contribution in [3.8, 4) is 0 Å². The highest BCUT2D eigenvalue weighted by Crippen LogP contribution is 2.32. The van der Waals surface area contributed by atoms with Gasteiger partial charge in [-0.15, -0.1) is 0 Å². The summed E-state index contributed by atoms with van der Waals surface area (Å²) in [6.45, 7) is 5.76. The smallest absolute Gasteiger partial charge is 0.410 e. The number of carbonyl (C=O) groups is 2. The Labute approximate surface area is 168 Å². The number of ether oxygens (including phenoxy) is 3. The van der Waals surface area contributed by atoms with Crippen LogP contribution in [-0.2, 0) is 25.6 Å². The van der Waals surface area contributed by atoms with Crippen LogP contribution in [0.1, 0.15) is 58.4 Å². The molecule has 1 aliphatic rings. The van der Waals surface area contributed by atoms with E-state index < -0.39 is 23.3 Å². The molecule has 1 fully saturated rings. The number of rotatable bonds is 7. The highest BCUT2D eigenvalue weighted by Gasteiger charge is 2.37. The normalized spacial score (nSPS) is 16.3. The van der Waals surface area contributed by atoms with Crippen molar-refractivity contribution in [2.24, 2.45) is 0 Å². The first-order valence-electron chi connectivity index (χ1n) is 9.96. The van der Waals surface area contributed by atoms with E-state index in [4.69, 9.17) is 14.2 Å². The van der Waals surface area contributed by atoms with E-state index in [-0.39, 0.29) is 13.2 Å². The third kappa shape index (κ3) is 7.15. The first-order chi connectivity index (χ1) is 13.2. The average molecular weight is 392 g/mol. The van der Waals surface area contributed by atoms with Crippen LogP contribution in [0.4, 0.5) is 4.79 Å². The van der Waals surface area contributed by atoms with Crippen LogP contribution in [0.2, 0.25) is 0 Å². The second kappa shape index (κ2) is 9.92. The van der Waals surface area contributed by atoms with Gasteiger partial charge in [0, 0.05) is 7.11 Å². The summed E-state index contributed by atoms with van der Waals surface area (Å²) in [4.78, 5) is 26.6. The number of benzene rings is 1. The standard InChI is InChI=1S/C22H33NO5/c1-21(2,3)28-20(25)23(17-22(26-4)13-9-6-10-14-22)15-19(24)27-16-18-11-7-5-8-12-18/h5,7-8,11-12H,6,9-10,13-17H2,1-4H3. The number of methoxy groups -OCH3 is 1. The maximum Gasteiger partial charge on any atom is 0.410 e. The zero-order chi connectivity index (χ0) is 20.6. The van der Waals surface area contributed by atoms with Crippen LogP contribution < -0.4 is 0 Å². The predicted octanol–water partition coefficient (Wildman–Crippen LogP) is 4.32. The van der Waals surface area contributed by atoms with Gasteiger partial charge in [-0.2, -0.15) is 0 Å². The fraction of sp³-hybridized carbons (Fsp3) is 0.636. The molecule has 0 saturated heterocycles. The molecule has 0 aliphatic heterocycles. The summed E-state index contributed by atoms with van der Waals surface area (Å²) in [5.41, 5.74) is -0.175. The maximum absolute atomic E-state index is 12.7. The number of hydrogen-bond acceptors (Lipinski definition) is 5. The minimum Gasteiger partial charge on any atom is -0.459 e. The van der Waals surface area contributed by atoms with E-state index in [0.29, 0.717) is 6.54 Å². The van der Waals surface area contributed by atoms with Crippen molar-refractivity contribution in [2.45, 2.75) is 70.7 Å². The molecule has 1 aliphatic carbocycles. The first-order valence-corrected chi connectivity index (χ1v) is 9.96. The summed E-state index contributed by atoms with van der Waals surface area (Å²) < 4.78 is 16.7. The fourth-order valence-corrected chi connectivity index (χ4v) is 3.42. The van der Waals surface area contributed by atoms with Gasteiger partial charge in [0.15, 0.2) is 0 Å². The summed E-state index contributed by atoms with van der Waals surface area (Å²) >= 11 is 0. The molecule has 6 nitrogen and oxygen atoms in total. The van der Waals surface area contributed by atoms with Crippen LogP contribution >= 0.6 is 0 Å². The Morgan fingerprint density at radius 2 is 1.71 bits per heavy atom. The zero-order valence-corrected chi connectivity index (χ0v) is 17.5. The van der Waals surface area contributed by atoms with Gasteiger partial charge >= 0.3 is 12.1 Å². The molecule has 1 saturated carbocycles. The van der Waals surface area contributed by atoms with E-state index in [0.717, 1.165) is 37.7 Å². The summed E-state index contributed by atoms with van der Waals surface area (Å²) in [7, 11) is 1.67. The Morgan fingerprint density at radius 1 is 1.07 bits per heavy atom. The fourth-order valence-electron chi connectivity index (χ4n) is 3.42. The van der Waals surface area contributed by atoms with Gasteiger partial charge in [-0.05, 0) is 39.2 Å². The van der Waals surface area contributed by atoms with Gasteiger partial charge in [-0.1, -0.05) is 49.6 Å². The molecule has 0 unspecified atom stereocenters. The molecule has 0 atom stereocenters. The van der Waals surface area contributed by atoms with Crippen molar-refractivity contribution in [3.63, 3.8) is 0 Å². The minimum absolute atomic E-state index is 0.160. The molecular weight excluding hydrogens is 358 g/mol. The Morgan fingerprint density at radius 3 is 2.29 bits per heavy atom. The molecule has 1 amide bonds. The van der Waals surface area contributed by atoms with Gasteiger partial charge in [0.2, 0.25) is 0 Å². The lowest BCUT2D eigenvalue weighted by Gasteiger charge is -2.40. The van der Waals surface area contributed by atoms with E-state index in [2.05, 4.69) is 0 Å². The second-order valence-corrected chi connectivity index (χ2v) is 8.43. The molecule has 2 rings (SSSR count). The topological polar surface area (TPSA) is 65.1 Å². The Balaban J connectivity index is 2.04. The molecule has 1 aromatic carbocycles. The largest absolute Gasteiger partial charge is 0.459 e. The van der Waals surface area contributed by atoms with E-state index in [9.17, 15) is 9.59 Å². The highest BCUT2D eigenvalue weighted by molar-refractivity contribution is 5.78. The van der Waals surface area contributed by atoms with Gasteiger partial charge in [-0.25, -0.2) is 4.79 Å². The third-order valence-electron chi connectivity index (χ3n) is 4.89. The molecular formula is C22H33NO5. The average Bonchev–Trinajstić information content (AvgIpc) is 2.66. The lowest BCUT2D eigenvalue weighted by atomic mass is 9.84. The third-order valence-corrected chi connectivity index (χ3v) is 4.89. The molecule has 28 heavy (non-hydrogen) atoms. The van der Waals surface area contributed by atoms with Crippen LogP contribution in [0, 0.1) is 0 Å². The zero-order valence-electron chi connectivity index (χ0n) is 17.5. The number of nitrogens with zero attached hydrogens (tertiary/aromatic N) is 1. The quantitative estimate of drug-likeness (QED) is 0.648. The molecule has 0 heterocycles. The monoisotopic (exact) mass is 391 g/mol. The maximum atomic E-state index is 12.7. The predicted molar refractivity (Wildman–Crippen MR) is 107 cm³/mol. The van der Waals surface area contributed by atoms with Gasteiger partial charge < -0.3 is 14.2 Å². The Hall–Kier alpha value is -2.08. The molecule has 0 bridgehead atoms. The van der Waals surface area contributed by atoms with E-state index in [1.165, 1.54) is 4.90 Å². The highest BCUT2D eigenvalue weighted by atomic mass is 16.6. The van der Waals surface area contributed by atoms with Crippen LogP contribution in [0.25, 0.3) is 0 Å². The molecule has 0 spiro atoms. The Kier molecular flexibility index (Phi) is 7.87. The van der Waals surface area contributed by atoms with E-state index >= 15 is 0 Å².